The maximum atomic E-state index is 13.0. The number of nitrogens with one attached hydrogen (secondary N) is 1. The average molecular weight is 544 g/mol. The first kappa shape index (κ1) is 26.4. The molecule has 7 nitrogen and oxygen atoms in total. The van der Waals surface area contributed by atoms with Crippen molar-refractivity contribution in [1.29, 1.82) is 0 Å². The van der Waals surface area contributed by atoms with Crippen LogP contribution in [0.1, 0.15) is 40.2 Å². The molecular weight excluding hydrogens is 510 g/mol. The smallest absolute Gasteiger partial charge is 0.227 e. The summed E-state index contributed by atoms with van der Waals surface area (Å²) in [7, 11) is 0. The van der Waals surface area contributed by atoms with Gasteiger partial charge in [-0.3, -0.25) is 9.59 Å². The fraction of sp³-hybridized carbons (Fsp3) is 0.235. The number of carbonyl (C=O) groups excluding carboxylic acids is 2. The van der Waals surface area contributed by atoms with Crippen molar-refractivity contribution in [2.24, 2.45) is 5.92 Å². The number of ketones is 1. The van der Waals surface area contributed by atoms with Crippen LogP contribution in [-0.2, 0) is 24.1 Å². The van der Waals surface area contributed by atoms with E-state index in [9.17, 15) is 9.59 Å². The molecule has 3 heterocycles. The zero-order valence-corrected chi connectivity index (χ0v) is 22.9. The van der Waals surface area contributed by atoms with Gasteiger partial charge in [-0.1, -0.05) is 54.6 Å². The zero-order chi connectivity index (χ0) is 28.2. The highest BCUT2D eigenvalue weighted by atomic mass is 16.2. The molecule has 3 aromatic carbocycles. The third-order valence-corrected chi connectivity index (χ3v) is 8.08. The molecule has 7 heteroatoms. The quantitative estimate of drug-likeness (QED) is 0.194. The summed E-state index contributed by atoms with van der Waals surface area (Å²) in [5.74, 6) is 1.25. The van der Waals surface area contributed by atoms with Crippen molar-refractivity contribution in [2.45, 2.75) is 32.1 Å². The molecule has 0 saturated carbocycles. The molecule has 0 spiro atoms. The Bertz CT molecular complexity index is 1670. The van der Waals surface area contributed by atoms with Crippen molar-refractivity contribution in [3.63, 3.8) is 0 Å². The number of H-pyrrole nitrogens is 1. The molecule has 0 bridgehead atoms. The molecule has 6 rings (SSSR count). The topological polar surface area (TPSA) is 105 Å². The van der Waals surface area contributed by atoms with Crippen LogP contribution >= 0.6 is 0 Å². The number of nitrogens with zero attached hydrogens (tertiary/aromatic N) is 3. The van der Waals surface area contributed by atoms with Gasteiger partial charge in [0.05, 0.1) is 12.0 Å². The Morgan fingerprint density at radius 2 is 1.59 bits per heavy atom. The number of fused-ring (bicyclic) bond motifs is 1. The van der Waals surface area contributed by atoms with Crippen LogP contribution < -0.4 is 5.73 Å². The molecule has 1 fully saturated rings. The van der Waals surface area contributed by atoms with Gasteiger partial charge in [0.25, 0.3) is 0 Å². The Kier molecular flexibility index (Phi) is 7.58. The molecule has 3 N–H and O–H groups in total. The zero-order valence-electron chi connectivity index (χ0n) is 22.9. The van der Waals surface area contributed by atoms with Gasteiger partial charge in [0, 0.05) is 61.1 Å². The summed E-state index contributed by atoms with van der Waals surface area (Å²) in [5, 5.41) is 1.11. The van der Waals surface area contributed by atoms with Crippen LogP contribution in [0.25, 0.3) is 22.0 Å². The normalized spacial score (nSPS) is 13.9. The van der Waals surface area contributed by atoms with Gasteiger partial charge in [0.15, 0.2) is 5.78 Å². The Morgan fingerprint density at radius 1 is 0.854 bits per heavy atom. The largest absolute Gasteiger partial charge is 0.398 e. The third-order valence-electron chi connectivity index (χ3n) is 8.08. The van der Waals surface area contributed by atoms with Gasteiger partial charge >= 0.3 is 0 Å². The van der Waals surface area contributed by atoms with Crippen LogP contribution in [0.3, 0.4) is 0 Å². The fourth-order valence-electron chi connectivity index (χ4n) is 5.65. The second-order valence-electron chi connectivity index (χ2n) is 10.8. The van der Waals surface area contributed by atoms with Crippen molar-refractivity contribution in [3.8, 4) is 11.1 Å². The first-order chi connectivity index (χ1) is 20.0. The third kappa shape index (κ3) is 6.04. The van der Waals surface area contributed by atoms with E-state index in [0.29, 0.717) is 23.6 Å². The first-order valence-electron chi connectivity index (χ1n) is 14.1. The standard InChI is InChI=1S/C34H33N5O2/c35-30-11-10-25(24-6-2-1-3-7-24)17-26(30)18-32(40)28-21-37-33(38-22-28)16-23-12-14-39(15-13-23)34(41)19-27-20-36-31-9-5-4-8-29(27)31/h1-11,17,20-23,36H,12-16,18-19,35H2. The van der Waals surface area contributed by atoms with Gasteiger partial charge in [0.1, 0.15) is 5.82 Å². The Labute approximate surface area is 239 Å². The van der Waals surface area contributed by atoms with E-state index in [1.807, 2.05) is 77.8 Å². The number of amides is 1. The van der Waals surface area contributed by atoms with E-state index >= 15 is 0 Å². The number of benzene rings is 3. The van der Waals surface area contributed by atoms with Crippen molar-refractivity contribution in [2.75, 3.05) is 18.8 Å². The van der Waals surface area contributed by atoms with Crippen molar-refractivity contribution in [1.82, 2.24) is 19.9 Å². The molecule has 1 saturated heterocycles. The molecule has 1 aliphatic heterocycles. The average Bonchev–Trinajstić information content (AvgIpc) is 3.42. The lowest BCUT2D eigenvalue weighted by Gasteiger charge is -2.31. The number of anilines is 1. The van der Waals surface area contributed by atoms with E-state index < -0.39 is 0 Å². The molecule has 5 aromatic rings. The number of para-hydroxylation sites is 1. The summed E-state index contributed by atoms with van der Waals surface area (Å²) in [4.78, 5) is 40.2. The summed E-state index contributed by atoms with van der Waals surface area (Å²) in [5.41, 5.74) is 12.3. The number of likely N-dealkylation sites (tertiary alicyclic amines) is 1. The monoisotopic (exact) mass is 543 g/mol. The predicted molar refractivity (Wildman–Crippen MR) is 161 cm³/mol. The van der Waals surface area contributed by atoms with Gasteiger partial charge in [-0.2, -0.15) is 0 Å². The summed E-state index contributed by atoms with van der Waals surface area (Å²) >= 11 is 0. The van der Waals surface area contributed by atoms with Crippen LogP contribution in [-0.4, -0.2) is 44.6 Å². The highest BCUT2D eigenvalue weighted by Gasteiger charge is 2.24. The van der Waals surface area contributed by atoms with Gasteiger partial charge in [0.2, 0.25) is 5.91 Å². The van der Waals surface area contributed by atoms with E-state index in [4.69, 9.17) is 5.73 Å². The highest BCUT2D eigenvalue weighted by molar-refractivity contribution is 5.97. The van der Waals surface area contributed by atoms with E-state index in [-0.39, 0.29) is 18.1 Å². The highest BCUT2D eigenvalue weighted by Crippen LogP contribution is 2.26. The van der Waals surface area contributed by atoms with Crippen LogP contribution in [0, 0.1) is 5.92 Å². The fourth-order valence-corrected chi connectivity index (χ4v) is 5.65. The molecule has 206 valence electrons. The maximum Gasteiger partial charge on any atom is 0.227 e. The molecule has 41 heavy (non-hydrogen) atoms. The summed E-state index contributed by atoms with van der Waals surface area (Å²) in [6.07, 6.45) is 8.38. The SMILES string of the molecule is Nc1ccc(-c2ccccc2)cc1CC(=O)c1cnc(CC2CCN(C(=O)Cc3c[nH]c4ccccc34)CC2)nc1. The minimum Gasteiger partial charge on any atom is -0.398 e. The number of carbonyl (C=O) groups is 2. The minimum absolute atomic E-state index is 0.0597. The van der Waals surface area contributed by atoms with Gasteiger partial charge < -0.3 is 15.6 Å². The number of nitrogen functional groups attached to an aromatic ring is 1. The minimum atomic E-state index is -0.0597. The number of hydrogen-bond donors (Lipinski definition) is 2. The molecule has 1 amide bonds. The van der Waals surface area contributed by atoms with E-state index in [0.717, 1.165) is 71.3 Å². The number of nitrogens with two attached hydrogens (primary N) is 1. The Morgan fingerprint density at radius 3 is 2.37 bits per heavy atom. The van der Waals surface area contributed by atoms with E-state index in [2.05, 4.69) is 21.0 Å². The summed E-state index contributed by atoms with van der Waals surface area (Å²) < 4.78 is 0. The molecule has 0 radical (unpaired) electrons. The molecule has 1 aliphatic rings. The predicted octanol–water partition coefficient (Wildman–Crippen LogP) is 5.66. The number of rotatable bonds is 8. The van der Waals surface area contributed by atoms with Crippen LogP contribution in [0.2, 0.25) is 0 Å². The number of aromatic nitrogens is 3. The first-order valence-corrected chi connectivity index (χ1v) is 14.1. The van der Waals surface area contributed by atoms with Gasteiger partial charge in [-0.25, -0.2) is 9.97 Å². The number of hydrogen-bond acceptors (Lipinski definition) is 5. The molecule has 0 aliphatic carbocycles. The van der Waals surface area contributed by atoms with Gasteiger partial charge in [-0.15, -0.1) is 0 Å². The number of piperidine rings is 1. The molecular formula is C34H33N5O2. The lowest BCUT2D eigenvalue weighted by atomic mass is 9.92. The van der Waals surface area contributed by atoms with E-state index in [1.165, 1.54) is 0 Å². The van der Waals surface area contributed by atoms with Gasteiger partial charge in [-0.05, 0) is 59.2 Å². The molecule has 0 atom stereocenters. The lowest BCUT2D eigenvalue weighted by molar-refractivity contribution is -0.131. The summed E-state index contributed by atoms with van der Waals surface area (Å²) in [6, 6.07) is 23.9. The maximum absolute atomic E-state index is 13.0. The summed E-state index contributed by atoms with van der Waals surface area (Å²) in [6.45, 7) is 1.48. The van der Waals surface area contributed by atoms with Crippen molar-refractivity contribution >= 4 is 28.3 Å². The lowest BCUT2D eigenvalue weighted by Crippen LogP contribution is -2.39. The molecule has 0 unspecified atom stereocenters. The van der Waals surface area contributed by atoms with Crippen molar-refractivity contribution in [3.05, 3.63) is 114 Å². The van der Waals surface area contributed by atoms with E-state index in [1.54, 1.807) is 12.4 Å². The second-order valence-corrected chi connectivity index (χ2v) is 10.8. The number of aromatic amines is 1. The molecule has 2 aromatic heterocycles. The second kappa shape index (κ2) is 11.8. The van der Waals surface area contributed by atoms with Crippen molar-refractivity contribution < 1.29 is 9.59 Å². The van der Waals surface area contributed by atoms with Crippen LogP contribution in [0.5, 0.6) is 0 Å². The van der Waals surface area contributed by atoms with Crippen LogP contribution in [0.4, 0.5) is 5.69 Å². The Balaban J connectivity index is 1.01. The van der Waals surface area contributed by atoms with Crippen LogP contribution in [0.15, 0.2) is 91.4 Å². The Hall–Kier alpha value is -4.78. The number of Topliss-reactive ketones (excluding diaryl/α,β-unsaturated/α-hetero) is 1.